The number of rotatable bonds is 14. The first kappa shape index (κ1) is 22.9. The van der Waals surface area contributed by atoms with E-state index in [2.05, 4.69) is 57.7 Å². The van der Waals surface area contributed by atoms with E-state index in [1.807, 2.05) is 0 Å². The maximum Gasteiger partial charge on any atom is 0.0370 e. The SMILES string of the molecule is CCCCC(CC)CN(CC(CC)CCCC)c1ccc(N)c(CC)c1. The third-order valence-corrected chi connectivity index (χ3v) is 5.92. The lowest BCUT2D eigenvalue weighted by molar-refractivity contribution is 0.403. The third-order valence-electron chi connectivity index (χ3n) is 5.92. The van der Waals surface area contributed by atoms with Crippen molar-refractivity contribution in [2.24, 2.45) is 11.8 Å². The molecule has 0 aliphatic rings. The van der Waals surface area contributed by atoms with E-state index in [0.717, 1.165) is 23.9 Å². The van der Waals surface area contributed by atoms with Gasteiger partial charge in [0.15, 0.2) is 0 Å². The lowest BCUT2D eigenvalue weighted by Crippen LogP contribution is -2.34. The van der Waals surface area contributed by atoms with E-state index in [1.54, 1.807) is 0 Å². The van der Waals surface area contributed by atoms with E-state index in [1.165, 1.54) is 75.7 Å². The first-order valence-corrected chi connectivity index (χ1v) is 11.2. The Bertz CT molecular complexity index is 465. The van der Waals surface area contributed by atoms with E-state index >= 15 is 0 Å². The lowest BCUT2D eigenvalue weighted by Gasteiger charge is -2.33. The summed E-state index contributed by atoms with van der Waals surface area (Å²) in [5.41, 5.74) is 9.77. The molecule has 0 saturated carbocycles. The van der Waals surface area contributed by atoms with Gasteiger partial charge >= 0.3 is 0 Å². The predicted octanol–water partition coefficient (Wildman–Crippen LogP) is 7.07. The van der Waals surface area contributed by atoms with Crippen molar-refractivity contribution < 1.29 is 0 Å². The van der Waals surface area contributed by atoms with Crippen LogP contribution in [0.1, 0.15) is 91.5 Å². The largest absolute Gasteiger partial charge is 0.399 e. The zero-order valence-electron chi connectivity index (χ0n) is 18.2. The minimum Gasteiger partial charge on any atom is -0.399 e. The Morgan fingerprint density at radius 1 is 0.846 bits per heavy atom. The van der Waals surface area contributed by atoms with Crippen LogP contribution in [-0.4, -0.2) is 13.1 Å². The molecular formula is C24H44N2. The van der Waals surface area contributed by atoms with Gasteiger partial charge in [-0.05, 0) is 54.9 Å². The molecule has 150 valence electrons. The monoisotopic (exact) mass is 360 g/mol. The first-order valence-electron chi connectivity index (χ1n) is 11.2. The van der Waals surface area contributed by atoms with Gasteiger partial charge in [-0.25, -0.2) is 0 Å². The summed E-state index contributed by atoms with van der Waals surface area (Å²) in [4.78, 5) is 2.67. The molecular weight excluding hydrogens is 316 g/mol. The summed E-state index contributed by atoms with van der Waals surface area (Å²) in [7, 11) is 0. The van der Waals surface area contributed by atoms with E-state index in [4.69, 9.17) is 5.73 Å². The Labute approximate surface area is 163 Å². The number of aryl methyl sites for hydroxylation is 1. The molecule has 1 rings (SSSR count). The molecule has 2 nitrogen and oxygen atoms in total. The van der Waals surface area contributed by atoms with Crippen molar-refractivity contribution >= 4 is 11.4 Å². The maximum atomic E-state index is 6.17. The fraction of sp³-hybridized carbons (Fsp3) is 0.750. The molecule has 0 fully saturated rings. The molecule has 2 N–H and O–H groups in total. The van der Waals surface area contributed by atoms with Crippen molar-refractivity contribution in [1.82, 2.24) is 0 Å². The molecule has 2 atom stereocenters. The second-order valence-corrected chi connectivity index (χ2v) is 7.97. The average Bonchev–Trinajstić information content (AvgIpc) is 2.67. The van der Waals surface area contributed by atoms with Crippen LogP contribution in [0.5, 0.6) is 0 Å². The van der Waals surface area contributed by atoms with Crippen molar-refractivity contribution in [3.8, 4) is 0 Å². The van der Waals surface area contributed by atoms with Crippen molar-refractivity contribution in [2.45, 2.75) is 92.4 Å². The second-order valence-electron chi connectivity index (χ2n) is 7.97. The van der Waals surface area contributed by atoms with Gasteiger partial charge in [0.2, 0.25) is 0 Å². The number of benzene rings is 1. The van der Waals surface area contributed by atoms with Gasteiger partial charge in [0.1, 0.15) is 0 Å². The Morgan fingerprint density at radius 3 is 1.81 bits per heavy atom. The van der Waals surface area contributed by atoms with Gasteiger partial charge in [0, 0.05) is 24.5 Å². The van der Waals surface area contributed by atoms with Crippen molar-refractivity contribution in [1.29, 1.82) is 0 Å². The Morgan fingerprint density at radius 2 is 1.38 bits per heavy atom. The summed E-state index contributed by atoms with van der Waals surface area (Å²) in [6.07, 6.45) is 11.6. The normalized spacial score (nSPS) is 13.6. The molecule has 0 spiro atoms. The second kappa shape index (κ2) is 13.1. The summed E-state index contributed by atoms with van der Waals surface area (Å²) in [6.45, 7) is 13.9. The van der Waals surface area contributed by atoms with E-state index in [-0.39, 0.29) is 0 Å². The lowest BCUT2D eigenvalue weighted by atomic mass is 9.95. The Kier molecular flexibility index (Phi) is 11.5. The zero-order chi connectivity index (χ0) is 19.4. The summed E-state index contributed by atoms with van der Waals surface area (Å²) in [5, 5.41) is 0. The number of unbranched alkanes of at least 4 members (excludes halogenated alkanes) is 2. The molecule has 2 unspecified atom stereocenters. The van der Waals surface area contributed by atoms with Crippen LogP contribution in [0.4, 0.5) is 11.4 Å². The Hall–Kier alpha value is -1.18. The number of nitrogen functional groups attached to an aromatic ring is 1. The zero-order valence-corrected chi connectivity index (χ0v) is 18.2. The highest BCUT2D eigenvalue weighted by atomic mass is 15.1. The molecule has 0 aromatic heterocycles. The van der Waals surface area contributed by atoms with Crippen LogP contribution in [0.15, 0.2) is 18.2 Å². The number of nitrogens with two attached hydrogens (primary N) is 1. The predicted molar refractivity (Wildman–Crippen MR) is 119 cm³/mol. The molecule has 0 aliphatic heterocycles. The van der Waals surface area contributed by atoms with Crippen LogP contribution < -0.4 is 10.6 Å². The standard InChI is InChI=1S/C24H44N2/c1-6-11-13-20(8-3)18-26(19-21(9-4)14-12-7-2)23-15-16-24(25)22(10-5)17-23/h15-17,20-21H,6-14,18-19,25H2,1-5H3. The van der Waals surface area contributed by atoms with Gasteiger partial charge in [0.05, 0.1) is 0 Å². The number of nitrogens with zero attached hydrogens (tertiary/aromatic N) is 1. The van der Waals surface area contributed by atoms with Crippen molar-refractivity contribution in [2.75, 3.05) is 23.7 Å². The topological polar surface area (TPSA) is 29.3 Å². The van der Waals surface area contributed by atoms with Crippen LogP contribution in [0.2, 0.25) is 0 Å². The number of hydrogen-bond donors (Lipinski definition) is 1. The highest BCUT2D eigenvalue weighted by Gasteiger charge is 2.18. The molecule has 26 heavy (non-hydrogen) atoms. The molecule has 0 amide bonds. The van der Waals surface area contributed by atoms with E-state index < -0.39 is 0 Å². The quantitative estimate of drug-likeness (QED) is 0.359. The molecule has 0 radical (unpaired) electrons. The number of hydrogen-bond acceptors (Lipinski definition) is 2. The summed E-state index contributed by atoms with van der Waals surface area (Å²) < 4.78 is 0. The fourth-order valence-corrected chi connectivity index (χ4v) is 3.84. The summed E-state index contributed by atoms with van der Waals surface area (Å²) in [6, 6.07) is 6.70. The van der Waals surface area contributed by atoms with Crippen LogP contribution in [0.3, 0.4) is 0 Å². The minimum absolute atomic E-state index is 0.793. The smallest absolute Gasteiger partial charge is 0.0370 e. The van der Waals surface area contributed by atoms with Crippen molar-refractivity contribution in [3.63, 3.8) is 0 Å². The fourth-order valence-electron chi connectivity index (χ4n) is 3.84. The van der Waals surface area contributed by atoms with Gasteiger partial charge in [0.25, 0.3) is 0 Å². The van der Waals surface area contributed by atoms with Gasteiger partial charge < -0.3 is 10.6 Å². The summed E-state index contributed by atoms with van der Waals surface area (Å²) in [5.74, 6) is 1.59. The van der Waals surface area contributed by atoms with Crippen LogP contribution in [0.25, 0.3) is 0 Å². The molecule has 1 aromatic carbocycles. The first-order chi connectivity index (χ1) is 12.6. The molecule has 0 saturated heterocycles. The Balaban J connectivity index is 2.99. The van der Waals surface area contributed by atoms with Crippen LogP contribution in [-0.2, 0) is 6.42 Å². The molecule has 2 heteroatoms. The highest BCUT2D eigenvalue weighted by molar-refractivity contribution is 5.58. The molecule has 0 heterocycles. The average molecular weight is 361 g/mol. The summed E-state index contributed by atoms with van der Waals surface area (Å²) >= 11 is 0. The highest BCUT2D eigenvalue weighted by Crippen LogP contribution is 2.27. The number of anilines is 2. The van der Waals surface area contributed by atoms with Gasteiger partial charge in [-0.2, -0.15) is 0 Å². The van der Waals surface area contributed by atoms with Crippen LogP contribution >= 0.6 is 0 Å². The van der Waals surface area contributed by atoms with Crippen molar-refractivity contribution in [3.05, 3.63) is 23.8 Å². The molecule has 1 aromatic rings. The maximum absolute atomic E-state index is 6.17. The third kappa shape index (κ3) is 7.60. The van der Waals surface area contributed by atoms with Crippen LogP contribution in [0, 0.1) is 11.8 Å². The molecule has 0 aliphatic carbocycles. The van der Waals surface area contributed by atoms with E-state index in [9.17, 15) is 0 Å². The van der Waals surface area contributed by atoms with Gasteiger partial charge in [-0.15, -0.1) is 0 Å². The van der Waals surface area contributed by atoms with Gasteiger partial charge in [-0.3, -0.25) is 0 Å². The minimum atomic E-state index is 0.793. The molecule has 0 bridgehead atoms. The van der Waals surface area contributed by atoms with Gasteiger partial charge in [-0.1, -0.05) is 73.1 Å². The van der Waals surface area contributed by atoms with E-state index in [0.29, 0.717) is 0 Å².